The SMILES string of the molecule is CCOC(=O)C1(c2cccc(C)c2OC)CC1. The van der Waals surface area contributed by atoms with Crippen molar-refractivity contribution in [1.82, 2.24) is 0 Å². The Balaban J connectivity index is 2.40. The normalized spacial score (nSPS) is 16.4. The van der Waals surface area contributed by atoms with Gasteiger partial charge >= 0.3 is 5.97 Å². The van der Waals surface area contributed by atoms with Crippen molar-refractivity contribution in [3.8, 4) is 5.75 Å². The van der Waals surface area contributed by atoms with Gasteiger partial charge in [0.1, 0.15) is 5.75 Å². The molecule has 0 aliphatic heterocycles. The molecule has 0 N–H and O–H groups in total. The average molecular weight is 234 g/mol. The molecule has 0 aromatic heterocycles. The van der Waals surface area contributed by atoms with Crippen molar-refractivity contribution in [3.05, 3.63) is 29.3 Å². The Morgan fingerprint density at radius 3 is 2.65 bits per heavy atom. The maximum atomic E-state index is 12.0. The van der Waals surface area contributed by atoms with Gasteiger partial charge in [0.2, 0.25) is 0 Å². The second-order valence-corrected chi connectivity index (χ2v) is 4.46. The monoisotopic (exact) mass is 234 g/mol. The van der Waals surface area contributed by atoms with Crippen LogP contribution in [0.4, 0.5) is 0 Å². The van der Waals surface area contributed by atoms with Gasteiger partial charge in [-0.25, -0.2) is 0 Å². The lowest BCUT2D eigenvalue weighted by molar-refractivity contribution is -0.146. The van der Waals surface area contributed by atoms with E-state index in [4.69, 9.17) is 9.47 Å². The molecule has 1 fully saturated rings. The summed E-state index contributed by atoms with van der Waals surface area (Å²) >= 11 is 0. The van der Waals surface area contributed by atoms with Crippen molar-refractivity contribution in [1.29, 1.82) is 0 Å². The number of ether oxygens (including phenoxy) is 2. The van der Waals surface area contributed by atoms with E-state index in [1.165, 1.54) is 0 Å². The first kappa shape index (κ1) is 12.0. The van der Waals surface area contributed by atoms with Crippen molar-refractivity contribution < 1.29 is 14.3 Å². The molecule has 1 aliphatic rings. The molecule has 1 saturated carbocycles. The van der Waals surface area contributed by atoms with Gasteiger partial charge in [-0.05, 0) is 32.3 Å². The molecule has 3 nitrogen and oxygen atoms in total. The first-order chi connectivity index (χ1) is 8.15. The van der Waals surface area contributed by atoms with Crippen LogP contribution in [0.25, 0.3) is 0 Å². The molecular formula is C14H18O3. The number of para-hydroxylation sites is 1. The third kappa shape index (κ3) is 1.90. The minimum Gasteiger partial charge on any atom is -0.496 e. The standard InChI is InChI=1S/C14H18O3/c1-4-17-13(15)14(8-9-14)11-7-5-6-10(2)12(11)16-3/h5-7H,4,8-9H2,1-3H3. The highest BCUT2D eigenvalue weighted by Gasteiger charge is 2.54. The number of rotatable bonds is 4. The van der Waals surface area contributed by atoms with Crippen molar-refractivity contribution in [2.24, 2.45) is 0 Å². The van der Waals surface area contributed by atoms with E-state index in [9.17, 15) is 4.79 Å². The molecule has 0 radical (unpaired) electrons. The van der Waals surface area contributed by atoms with E-state index in [1.807, 2.05) is 32.0 Å². The summed E-state index contributed by atoms with van der Waals surface area (Å²) in [5.74, 6) is 0.696. The molecule has 0 atom stereocenters. The topological polar surface area (TPSA) is 35.5 Å². The summed E-state index contributed by atoms with van der Waals surface area (Å²) in [5, 5.41) is 0. The number of hydrogen-bond acceptors (Lipinski definition) is 3. The molecule has 0 spiro atoms. The average Bonchev–Trinajstić information content (AvgIpc) is 3.10. The summed E-state index contributed by atoms with van der Waals surface area (Å²) in [6.45, 7) is 4.25. The minimum absolute atomic E-state index is 0.121. The van der Waals surface area contributed by atoms with Crippen LogP contribution in [-0.2, 0) is 14.9 Å². The Bertz CT molecular complexity index is 433. The van der Waals surface area contributed by atoms with Crippen molar-refractivity contribution in [2.45, 2.75) is 32.1 Å². The first-order valence-electron chi connectivity index (χ1n) is 5.97. The molecule has 0 saturated heterocycles. The highest BCUT2D eigenvalue weighted by atomic mass is 16.5. The van der Waals surface area contributed by atoms with Crippen LogP contribution in [0.5, 0.6) is 5.75 Å². The van der Waals surface area contributed by atoms with Crippen molar-refractivity contribution >= 4 is 5.97 Å². The Labute approximate surface area is 102 Å². The second kappa shape index (κ2) is 4.40. The molecule has 92 valence electrons. The fourth-order valence-electron chi connectivity index (χ4n) is 2.28. The molecule has 3 heteroatoms. The first-order valence-corrected chi connectivity index (χ1v) is 5.97. The van der Waals surface area contributed by atoms with Crippen LogP contribution in [0, 0.1) is 6.92 Å². The fraction of sp³-hybridized carbons (Fsp3) is 0.500. The van der Waals surface area contributed by atoms with Crippen LogP contribution < -0.4 is 4.74 Å². The molecule has 1 aliphatic carbocycles. The van der Waals surface area contributed by atoms with Crippen molar-refractivity contribution in [2.75, 3.05) is 13.7 Å². The van der Waals surface area contributed by atoms with Crippen LogP contribution in [-0.4, -0.2) is 19.7 Å². The van der Waals surface area contributed by atoms with E-state index in [2.05, 4.69) is 0 Å². The lowest BCUT2D eigenvalue weighted by atomic mass is 9.93. The highest BCUT2D eigenvalue weighted by Crippen LogP contribution is 2.52. The van der Waals surface area contributed by atoms with Gasteiger partial charge in [-0.3, -0.25) is 4.79 Å². The van der Waals surface area contributed by atoms with Crippen LogP contribution in [0.1, 0.15) is 30.9 Å². The lowest BCUT2D eigenvalue weighted by Gasteiger charge is -2.18. The molecular weight excluding hydrogens is 216 g/mol. The van der Waals surface area contributed by atoms with E-state index in [0.29, 0.717) is 6.61 Å². The zero-order chi connectivity index (χ0) is 12.5. The zero-order valence-electron chi connectivity index (χ0n) is 10.6. The number of hydrogen-bond donors (Lipinski definition) is 0. The summed E-state index contributed by atoms with van der Waals surface area (Å²) < 4.78 is 10.6. The van der Waals surface area contributed by atoms with Gasteiger partial charge in [-0.1, -0.05) is 18.2 Å². The molecule has 1 aromatic carbocycles. The Hall–Kier alpha value is -1.51. The van der Waals surface area contributed by atoms with Gasteiger partial charge in [-0.2, -0.15) is 0 Å². The van der Waals surface area contributed by atoms with E-state index in [0.717, 1.165) is 29.7 Å². The van der Waals surface area contributed by atoms with Gasteiger partial charge in [0.05, 0.1) is 19.1 Å². The van der Waals surface area contributed by atoms with E-state index in [1.54, 1.807) is 7.11 Å². The third-order valence-corrected chi connectivity index (χ3v) is 3.35. The predicted octanol–water partition coefficient (Wildman–Crippen LogP) is 2.60. The molecule has 0 amide bonds. The molecule has 0 unspecified atom stereocenters. The largest absolute Gasteiger partial charge is 0.496 e. The summed E-state index contributed by atoms with van der Waals surface area (Å²) in [6, 6.07) is 5.92. The Morgan fingerprint density at radius 2 is 2.12 bits per heavy atom. The predicted molar refractivity (Wildman–Crippen MR) is 65.3 cm³/mol. The Morgan fingerprint density at radius 1 is 1.41 bits per heavy atom. The van der Waals surface area contributed by atoms with Gasteiger partial charge in [0.25, 0.3) is 0 Å². The third-order valence-electron chi connectivity index (χ3n) is 3.35. The Kier molecular flexibility index (Phi) is 3.09. The number of benzene rings is 1. The maximum absolute atomic E-state index is 12.0. The maximum Gasteiger partial charge on any atom is 0.316 e. The van der Waals surface area contributed by atoms with Gasteiger partial charge < -0.3 is 9.47 Å². The smallest absolute Gasteiger partial charge is 0.316 e. The molecule has 17 heavy (non-hydrogen) atoms. The number of carbonyl (C=O) groups is 1. The summed E-state index contributed by atoms with van der Waals surface area (Å²) in [5.41, 5.74) is 1.58. The second-order valence-electron chi connectivity index (χ2n) is 4.46. The summed E-state index contributed by atoms with van der Waals surface area (Å²) in [6.07, 6.45) is 1.71. The molecule has 0 bridgehead atoms. The quantitative estimate of drug-likeness (QED) is 0.751. The number of esters is 1. The minimum atomic E-state index is -0.451. The number of carbonyl (C=O) groups excluding carboxylic acids is 1. The van der Waals surface area contributed by atoms with Gasteiger partial charge in [0, 0.05) is 5.56 Å². The molecule has 0 heterocycles. The van der Waals surface area contributed by atoms with Gasteiger partial charge in [-0.15, -0.1) is 0 Å². The van der Waals surface area contributed by atoms with Crippen LogP contribution in [0.2, 0.25) is 0 Å². The number of aryl methyl sites for hydroxylation is 1. The molecule has 1 aromatic rings. The van der Waals surface area contributed by atoms with Crippen molar-refractivity contribution in [3.63, 3.8) is 0 Å². The van der Waals surface area contributed by atoms with E-state index < -0.39 is 5.41 Å². The summed E-state index contributed by atoms with van der Waals surface area (Å²) in [4.78, 5) is 12.0. The number of methoxy groups -OCH3 is 1. The lowest BCUT2D eigenvalue weighted by Crippen LogP contribution is -2.24. The van der Waals surface area contributed by atoms with Crippen LogP contribution in [0.3, 0.4) is 0 Å². The highest BCUT2D eigenvalue weighted by molar-refractivity contribution is 5.87. The van der Waals surface area contributed by atoms with Gasteiger partial charge in [0.15, 0.2) is 0 Å². The van der Waals surface area contributed by atoms with E-state index >= 15 is 0 Å². The zero-order valence-corrected chi connectivity index (χ0v) is 10.6. The summed E-state index contributed by atoms with van der Waals surface area (Å²) in [7, 11) is 1.65. The fourth-order valence-corrected chi connectivity index (χ4v) is 2.28. The van der Waals surface area contributed by atoms with Crippen LogP contribution in [0.15, 0.2) is 18.2 Å². The van der Waals surface area contributed by atoms with Crippen LogP contribution >= 0.6 is 0 Å². The van der Waals surface area contributed by atoms with E-state index in [-0.39, 0.29) is 5.97 Å². The molecule has 2 rings (SSSR count).